The Morgan fingerprint density at radius 3 is 2.72 bits per heavy atom. The Labute approximate surface area is 179 Å². The zero-order valence-electron chi connectivity index (χ0n) is 18.1. The number of hydrogen-bond donors (Lipinski definition) is 1. The van der Waals surface area contributed by atoms with Crippen LogP contribution in [0.5, 0.6) is 0 Å². The highest BCUT2D eigenvalue weighted by Gasteiger charge is 2.32. The molecule has 2 unspecified atom stereocenters. The molecule has 3 heterocycles. The Kier molecular flexibility index (Phi) is 8.36. The van der Waals surface area contributed by atoms with Crippen LogP contribution in [0, 0.1) is 11.8 Å². The van der Waals surface area contributed by atoms with Crippen molar-refractivity contribution in [3.8, 4) is 0 Å². The van der Waals surface area contributed by atoms with Gasteiger partial charge in [0, 0.05) is 37.1 Å². The number of nitrogens with zero attached hydrogens (tertiary/aromatic N) is 3. The van der Waals surface area contributed by atoms with Gasteiger partial charge in [-0.3, -0.25) is 14.7 Å². The van der Waals surface area contributed by atoms with Crippen LogP contribution in [0.25, 0.3) is 0 Å². The van der Waals surface area contributed by atoms with Gasteiger partial charge in [0.25, 0.3) is 0 Å². The monoisotopic (exact) mass is 420 g/mol. The highest BCUT2D eigenvalue weighted by molar-refractivity contribution is 7.10. The van der Waals surface area contributed by atoms with E-state index < -0.39 is 0 Å². The van der Waals surface area contributed by atoms with Crippen LogP contribution in [0.4, 0.5) is 0 Å². The maximum absolute atomic E-state index is 12.0. The third-order valence-electron chi connectivity index (χ3n) is 6.07. The van der Waals surface area contributed by atoms with Crippen molar-refractivity contribution >= 4 is 23.3 Å². The topological polar surface area (TPSA) is 57.2 Å². The lowest BCUT2D eigenvalue weighted by Crippen LogP contribution is -2.47. The van der Waals surface area contributed by atoms with Crippen LogP contribution >= 0.6 is 11.3 Å². The molecule has 1 N–H and O–H groups in total. The number of thiophene rings is 1. The number of hydrogen-bond acceptors (Lipinski definition) is 5. The van der Waals surface area contributed by atoms with Gasteiger partial charge >= 0.3 is 5.97 Å². The molecule has 0 aliphatic carbocycles. The van der Waals surface area contributed by atoms with Gasteiger partial charge in [-0.15, -0.1) is 11.3 Å². The van der Waals surface area contributed by atoms with Gasteiger partial charge in [0.05, 0.1) is 12.5 Å². The summed E-state index contributed by atoms with van der Waals surface area (Å²) in [7, 11) is 2.24. The van der Waals surface area contributed by atoms with E-state index in [-0.39, 0.29) is 11.9 Å². The summed E-state index contributed by atoms with van der Waals surface area (Å²) in [5.41, 5.74) is 0. The average molecular weight is 421 g/mol. The second-order valence-electron chi connectivity index (χ2n) is 8.05. The van der Waals surface area contributed by atoms with E-state index in [1.165, 1.54) is 17.7 Å². The van der Waals surface area contributed by atoms with E-state index in [9.17, 15) is 4.79 Å². The summed E-state index contributed by atoms with van der Waals surface area (Å²) in [6, 6.07) is 4.88. The second-order valence-corrected chi connectivity index (χ2v) is 9.03. The van der Waals surface area contributed by atoms with Crippen LogP contribution in [0.15, 0.2) is 22.5 Å². The third-order valence-corrected chi connectivity index (χ3v) is 7.01. The Hall–Kier alpha value is -1.60. The standard InChI is InChI=1S/C22H36N4O2S/c1-4-23-22(26-13-10-17(11-14-26)21(27)28-5-2)24-16-18-8-6-12-25(3)20(18)19-9-7-15-29-19/h7,9,15,17-18,20H,4-6,8,10-14,16H2,1-3H3,(H,23,24). The first kappa shape index (κ1) is 22.1. The number of carbonyl (C=O) groups is 1. The molecule has 162 valence electrons. The van der Waals surface area contributed by atoms with Crippen molar-refractivity contribution in [2.75, 3.05) is 46.4 Å². The maximum Gasteiger partial charge on any atom is 0.309 e. The smallest absolute Gasteiger partial charge is 0.309 e. The SMILES string of the molecule is CCNC(=NCC1CCCN(C)C1c1cccs1)N1CCC(C(=O)OCC)CC1. The quantitative estimate of drug-likeness (QED) is 0.434. The van der Waals surface area contributed by atoms with Crippen LogP contribution in [-0.4, -0.2) is 68.1 Å². The normalized spacial score (nSPS) is 24.5. The molecule has 0 spiro atoms. The fraction of sp³-hybridized carbons (Fsp3) is 0.727. The molecule has 2 atom stereocenters. The third kappa shape index (κ3) is 5.72. The van der Waals surface area contributed by atoms with Crippen LogP contribution in [0.3, 0.4) is 0 Å². The molecule has 2 aliphatic rings. The first-order chi connectivity index (χ1) is 14.1. The predicted octanol–water partition coefficient (Wildman–Crippen LogP) is 3.37. The summed E-state index contributed by atoms with van der Waals surface area (Å²) in [4.78, 5) is 23.3. The summed E-state index contributed by atoms with van der Waals surface area (Å²) in [6.45, 7) is 9.01. The Morgan fingerprint density at radius 2 is 2.07 bits per heavy atom. The fourth-order valence-corrected chi connectivity index (χ4v) is 5.56. The number of esters is 1. The van der Waals surface area contributed by atoms with Gasteiger partial charge in [0.15, 0.2) is 5.96 Å². The molecular formula is C22H36N4O2S. The zero-order chi connectivity index (χ0) is 20.6. The minimum atomic E-state index is -0.0434. The first-order valence-electron chi connectivity index (χ1n) is 11.1. The highest BCUT2D eigenvalue weighted by atomic mass is 32.1. The summed E-state index contributed by atoms with van der Waals surface area (Å²) in [5, 5.41) is 5.65. The molecular weight excluding hydrogens is 384 g/mol. The lowest BCUT2D eigenvalue weighted by molar-refractivity contribution is -0.149. The molecule has 2 saturated heterocycles. The predicted molar refractivity (Wildman–Crippen MR) is 119 cm³/mol. The van der Waals surface area contributed by atoms with Crippen molar-refractivity contribution in [3.63, 3.8) is 0 Å². The number of rotatable bonds is 6. The molecule has 7 heteroatoms. The minimum Gasteiger partial charge on any atom is -0.466 e. The Morgan fingerprint density at radius 1 is 1.28 bits per heavy atom. The summed E-state index contributed by atoms with van der Waals surface area (Å²) in [5.74, 6) is 1.52. The van der Waals surface area contributed by atoms with Crippen LogP contribution in [0.1, 0.15) is 50.4 Å². The van der Waals surface area contributed by atoms with Gasteiger partial charge in [-0.05, 0) is 70.5 Å². The number of guanidine groups is 1. The largest absolute Gasteiger partial charge is 0.466 e. The number of aliphatic imine (C=N–C) groups is 1. The molecule has 2 fully saturated rings. The van der Waals surface area contributed by atoms with Gasteiger partial charge in [0.2, 0.25) is 0 Å². The first-order valence-corrected chi connectivity index (χ1v) is 12.0. The lowest BCUT2D eigenvalue weighted by Gasteiger charge is -2.38. The number of nitrogens with one attached hydrogen (secondary N) is 1. The van der Waals surface area contributed by atoms with Crippen molar-refractivity contribution in [2.24, 2.45) is 16.8 Å². The van der Waals surface area contributed by atoms with Crippen molar-refractivity contribution in [1.82, 2.24) is 15.1 Å². The molecule has 1 aromatic rings. The summed E-state index contributed by atoms with van der Waals surface area (Å²) < 4.78 is 5.20. The number of ether oxygens (including phenoxy) is 1. The molecule has 0 saturated carbocycles. The minimum absolute atomic E-state index is 0.0317. The molecule has 0 amide bonds. The van der Waals surface area contributed by atoms with Crippen LogP contribution in [0.2, 0.25) is 0 Å². The van der Waals surface area contributed by atoms with Gasteiger partial charge < -0.3 is 15.0 Å². The van der Waals surface area contributed by atoms with Crippen molar-refractivity contribution in [3.05, 3.63) is 22.4 Å². The van der Waals surface area contributed by atoms with Gasteiger partial charge in [-0.1, -0.05) is 6.07 Å². The van der Waals surface area contributed by atoms with Gasteiger partial charge in [-0.25, -0.2) is 0 Å². The fourth-order valence-electron chi connectivity index (χ4n) is 4.58. The van der Waals surface area contributed by atoms with E-state index in [0.29, 0.717) is 18.6 Å². The summed E-state index contributed by atoms with van der Waals surface area (Å²) >= 11 is 1.86. The Bertz CT molecular complexity index is 656. The molecule has 0 aromatic carbocycles. The average Bonchev–Trinajstić information content (AvgIpc) is 3.26. The van der Waals surface area contributed by atoms with Crippen LogP contribution in [-0.2, 0) is 9.53 Å². The lowest BCUT2D eigenvalue weighted by atomic mass is 9.88. The van der Waals surface area contributed by atoms with E-state index in [1.807, 2.05) is 18.3 Å². The van der Waals surface area contributed by atoms with E-state index in [1.54, 1.807) is 0 Å². The zero-order valence-corrected chi connectivity index (χ0v) is 18.9. The number of piperidine rings is 2. The van der Waals surface area contributed by atoms with Gasteiger partial charge in [0.1, 0.15) is 0 Å². The van der Waals surface area contributed by atoms with Crippen molar-refractivity contribution < 1.29 is 9.53 Å². The Balaban J connectivity index is 1.63. The second kappa shape index (κ2) is 11.0. The maximum atomic E-state index is 12.0. The molecule has 2 aliphatic heterocycles. The van der Waals surface area contributed by atoms with Crippen LogP contribution < -0.4 is 5.32 Å². The molecule has 1 aromatic heterocycles. The van der Waals surface area contributed by atoms with E-state index in [0.717, 1.165) is 51.5 Å². The number of carbonyl (C=O) groups excluding carboxylic acids is 1. The van der Waals surface area contributed by atoms with E-state index in [4.69, 9.17) is 9.73 Å². The molecule has 0 bridgehead atoms. The van der Waals surface area contributed by atoms with E-state index >= 15 is 0 Å². The van der Waals surface area contributed by atoms with E-state index in [2.05, 4.69) is 46.6 Å². The number of likely N-dealkylation sites (tertiary alicyclic amines) is 2. The van der Waals surface area contributed by atoms with Crippen molar-refractivity contribution in [2.45, 2.75) is 45.6 Å². The molecule has 29 heavy (non-hydrogen) atoms. The van der Waals surface area contributed by atoms with Crippen molar-refractivity contribution in [1.29, 1.82) is 0 Å². The summed E-state index contributed by atoms with van der Waals surface area (Å²) in [6.07, 6.45) is 4.14. The molecule has 3 rings (SSSR count). The highest BCUT2D eigenvalue weighted by Crippen LogP contribution is 2.37. The molecule has 0 radical (unpaired) electrons. The van der Waals surface area contributed by atoms with Gasteiger partial charge in [-0.2, -0.15) is 0 Å². The molecule has 6 nitrogen and oxygen atoms in total.